The minimum absolute atomic E-state index is 0.763. The highest BCUT2D eigenvalue weighted by atomic mass is 15.3. The summed E-state index contributed by atoms with van der Waals surface area (Å²) in [5.41, 5.74) is 4.79. The highest BCUT2D eigenvalue weighted by Gasteiger charge is 2.21. The molecule has 0 saturated heterocycles. The monoisotopic (exact) mass is 252 g/mol. The number of nitrogens with zero attached hydrogens (tertiary/aromatic N) is 1. The lowest BCUT2D eigenvalue weighted by atomic mass is 10.1. The molecule has 1 heterocycles. The topological polar surface area (TPSA) is 15.3 Å². The van der Waals surface area contributed by atoms with Crippen LogP contribution >= 0.6 is 0 Å². The molecule has 0 amide bonds. The van der Waals surface area contributed by atoms with E-state index >= 15 is 0 Å². The van der Waals surface area contributed by atoms with Gasteiger partial charge in [-0.3, -0.25) is 0 Å². The summed E-state index contributed by atoms with van der Waals surface area (Å²) in [7, 11) is 0. The van der Waals surface area contributed by atoms with E-state index in [1.807, 2.05) is 73.3 Å². The molecule has 0 fully saturated rings. The first kappa shape index (κ1) is 9.68. The Hall–Kier alpha value is -2.22. The van der Waals surface area contributed by atoms with Gasteiger partial charge in [0.05, 0.1) is 13.7 Å². The van der Waals surface area contributed by atoms with Gasteiger partial charge in [-0.05, 0) is 31.0 Å². The summed E-state index contributed by atoms with van der Waals surface area (Å²) in [6.45, 7) is 3.25. The quantitative estimate of drug-likeness (QED) is 0.875. The molecule has 19 heavy (non-hydrogen) atoms. The van der Waals surface area contributed by atoms with Crippen molar-refractivity contribution in [3.63, 3.8) is 0 Å². The van der Waals surface area contributed by atoms with Gasteiger partial charge in [0, 0.05) is 11.4 Å². The van der Waals surface area contributed by atoms with Crippen LogP contribution in [0.3, 0.4) is 0 Å². The van der Waals surface area contributed by atoms with Gasteiger partial charge >= 0.3 is 0 Å². The van der Waals surface area contributed by atoms with Crippen LogP contribution in [-0.2, 0) is 0 Å². The average molecular weight is 252 g/mol. The molecule has 1 unspecified atom stereocenters. The van der Waals surface area contributed by atoms with Crippen molar-refractivity contribution < 1.29 is 2.78 Å². The number of allylic oxidation sites excluding steroid dienone is 1. The zero-order valence-electron chi connectivity index (χ0n) is 13.2. The number of hydrogen-bond acceptors (Lipinski definition) is 2. The molecule has 0 aromatic heterocycles. The summed E-state index contributed by atoms with van der Waals surface area (Å²) in [5.74, 6) is 0. The maximum Gasteiger partial charge on any atom is 0.162 e. The van der Waals surface area contributed by atoms with E-state index in [2.05, 4.69) is 0 Å². The highest BCUT2D eigenvalue weighted by Crippen LogP contribution is 2.30. The van der Waals surface area contributed by atoms with Gasteiger partial charge in [-0.15, -0.1) is 0 Å². The molecule has 3 rings (SSSR count). The fourth-order valence-electron chi connectivity index (χ4n) is 2.37. The highest BCUT2D eigenvalue weighted by molar-refractivity contribution is 5.75. The van der Waals surface area contributed by atoms with Crippen molar-refractivity contribution in [1.82, 2.24) is 5.31 Å². The molecule has 2 aromatic rings. The van der Waals surface area contributed by atoms with Crippen molar-refractivity contribution in [2.24, 2.45) is 0 Å². The summed E-state index contributed by atoms with van der Waals surface area (Å²) in [6.07, 6.45) is 0. The van der Waals surface area contributed by atoms with E-state index in [1.165, 1.54) is 5.31 Å². The number of aryl methyl sites for hydroxylation is 1. The maximum atomic E-state index is 8.36. The SMILES string of the molecule is [2H]C1N([2H])C(c2ccccc2)=C(C)N1c1ccccc1C. The van der Waals surface area contributed by atoms with Gasteiger partial charge < -0.3 is 10.2 Å². The van der Waals surface area contributed by atoms with Crippen LogP contribution < -0.4 is 10.2 Å². The molecule has 96 valence electrons. The summed E-state index contributed by atoms with van der Waals surface area (Å²) in [5, 5.41) is 1.27. The molecule has 0 bridgehead atoms. The molecule has 0 saturated carbocycles. The van der Waals surface area contributed by atoms with Gasteiger partial charge in [-0.1, -0.05) is 48.5 Å². The number of hydrogen-bond donors (Lipinski definition) is 1. The number of para-hydroxylation sites is 1. The third-order valence-electron chi connectivity index (χ3n) is 3.43. The average Bonchev–Trinajstić information content (AvgIpc) is 2.71. The fraction of sp³-hybridized carbons (Fsp3) is 0.176. The Bertz CT molecular complexity index is 682. The molecule has 0 spiro atoms. The summed E-state index contributed by atoms with van der Waals surface area (Å²) in [6, 6.07) is 17.8. The molecule has 0 radical (unpaired) electrons. The minimum Gasteiger partial charge on any atom is -0.366 e. The number of nitrogens with one attached hydrogen (secondary N) is 1. The van der Waals surface area contributed by atoms with Crippen molar-refractivity contribution in [2.75, 3.05) is 11.5 Å². The van der Waals surface area contributed by atoms with Gasteiger partial charge in [-0.25, -0.2) is 0 Å². The van der Waals surface area contributed by atoms with Crippen LogP contribution in [0.4, 0.5) is 5.69 Å². The number of benzene rings is 2. The van der Waals surface area contributed by atoms with E-state index in [1.54, 1.807) is 0 Å². The predicted octanol–water partition coefficient (Wildman–Crippen LogP) is 3.75. The molecule has 1 aliphatic rings. The van der Waals surface area contributed by atoms with Gasteiger partial charge in [0.1, 0.15) is 0 Å². The lowest BCUT2D eigenvalue weighted by Crippen LogP contribution is -2.23. The molecule has 0 aliphatic carbocycles. The second kappa shape index (κ2) is 4.81. The van der Waals surface area contributed by atoms with Gasteiger partial charge in [0.2, 0.25) is 0 Å². The Morgan fingerprint density at radius 1 is 1.05 bits per heavy atom. The van der Waals surface area contributed by atoms with Crippen molar-refractivity contribution in [3.8, 4) is 0 Å². The number of anilines is 1. The van der Waals surface area contributed by atoms with Gasteiger partial charge in [0.25, 0.3) is 0 Å². The lowest BCUT2D eigenvalue weighted by Gasteiger charge is -2.21. The van der Waals surface area contributed by atoms with Gasteiger partial charge in [0.15, 0.2) is 1.41 Å². The standard InChI is InChI=1S/C17H18N2/c1-13-8-6-7-11-16(13)19-12-18-17(14(19)2)15-9-4-3-5-10-15/h3-11,18H,12H2,1-2H3/i12D/hD. The number of rotatable bonds is 2. The van der Waals surface area contributed by atoms with Crippen LogP contribution in [0.25, 0.3) is 5.70 Å². The second-order valence-corrected chi connectivity index (χ2v) is 4.70. The van der Waals surface area contributed by atoms with E-state index in [0.29, 0.717) is 0 Å². The Balaban J connectivity index is 2.12. The predicted molar refractivity (Wildman–Crippen MR) is 80.7 cm³/mol. The largest absolute Gasteiger partial charge is 0.366 e. The second-order valence-electron chi connectivity index (χ2n) is 4.70. The summed E-state index contributed by atoms with van der Waals surface area (Å²) < 4.78 is 16.6. The Labute approximate surface area is 117 Å². The smallest absolute Gasteiger partial charge is 0.162 e. The van der Waals surface area contributed by atoms with Crippen LogP contribution in [0, 0.1) is 6.92 Å². The molecule has 2 aromatic carbocycles. The van der Waals surface area contributed by atoms with Crippen LogP contribution in [0.5, 0.6) is 0 Å². The first-order valence-corrected chi connectivity index (χ1v) is 6.43. The van der Waals surface area contributed by atoms with E-state index in [9.17, 15) is 0 Å². The molecule has 1 N–H and O–H groups in total. The minimum atomic E-state index is -0.763. The Kier molecular flexibility index (Phi) is 2.45. The fourth-order valence-corrected chi connectivity index (χ4v) is 2.37. The lowest BCUT2D eigenvalue weighted by molar-refractivity contribution is 0.890. The molecule has 2 heteroatoms. The zero-order valence-corrected chi connectivity index (χ0v) is 11.2. The molecular weight excluding hydrogens is 232 g/mol. The van der Waals surface area contributed by atoms with Crippen molar-refractivity contribution >= 4 is 11.4 Å². The molecular formula is C17H18N2. The molecule has 2 nitrogen and oxygen atoms in total. The molecule has 1 atom stereocenters. The van der Waals surface area contributed by atoms with E-state index in [4.69, 9.17) is 2.78 Å². The van der Waals surface area contributed by atoms with E-state index in [0.717, 1.165) is 28.2 Å². The Morgan fingerprint density at radius 3 is 2.47 bits per heavy atom. The van der Waals surface area contributed by atoms with Crippen molar-refractivity contribution in [3.05, 3.63) is 71.4 Å². The summed E-state index contributed by atoms with van der Waals surface area (Å²) in [4.78, 5) is 1.91. The third-order valence-corrected chi connectivity index (χ3v) is 3.43. The normalized spacial score (nSPS) is 20.6. The van der Waals surface area contributed by atoms with Gasteiger partial charge in [-0.2, -0.15) is 0 Å². The summed E-state index contributed by atoms with van der Waals surface area (Å²) >= 11 is 0. The first-order chi connectivity index (χ1) is 10.1. The Morgan fingerprint density at radius 2 is 1.74 bits per heavy atom. The van der Waals surface area contributed by atoms with E-state index < -0.39 is 6.64 Å². The third kappa shape index (κ3) is 2.10. The zero-order chi connectivity index (χ0) is 15.0. The molecule has 1 aliphatic heterocycles. The first-order valence-electron chi connectivity index (χ1n) is 7.45. The van der Waals surface area contributed by atoms with Crippen LogP contribution in [0.2, 0.25) is 1.41 Å². The van der Waals surface area contributed by atoms with Crippen LogP contribution in [0.1, 0.15) is 19.4 Å². The van der Waals surface area contributed by atoms with Crippen LogP contribution in [-0.4, -0.2) is 6.64 Å². The van der Waals surface area contributed by atoms with Crippen molar-refractivity contribution in [1.29, 1.82) is 0 Å². The van der Waals surface area contributed by atoms with E-state index in [-0.39, 0.29) is 0 Å². The van der Waals surface area contributed by atoms with Crippen molar-refractivity contribution in [2.45, 2.75) is 13.8 Å². The van der Waals surface area contributed by atoms with Crippen LogP contribution in [0.15, 0.2) is 60.3 Å². The maximum absolute atomic E-state index is 8.36.